The lowest BCUT2D eigenvalue weighted by Gasteiger charge is -2.08. The lowest BCUT2D eigenvalue weighted by molar-refractivity contribution is 0.0949. The number of halogens is 2. The summed E-state index contributed by atoms with van der Waals surface area (Å²) in [5, 5.41) is 7.33. The second-order valence-electron chi connectivity index (χ2n) is 5.45. The van der Waals surface area contributed by atoms with Gasteiger partial charge in [-0.15, -0.1) is 0 Å². The molecule has 1 aromatic carbocycles. The third kappa shape index (κ3) is 5.69. The van der Waals surface area contributed by atoms with E-state index in [4.69, 9.17) is 23.2 Å². The number of carbonyl (C=O) groups excluding carboxylic acids is 1. The molecule has 0 saturated heterocycles. The van der Waals surface area contributed by atoms with Gasteiger partial charge in [-0.05, 0) is 42.7 Å². The Balaban J connectivity index is 1.81. The van der Waals surface area contributed by atoms with Gasteiger partial charge in [-0.1, -0.05) is 42.6 Å². The fraction of sp³-hybridized carbons (Fsp3) is 0.333. The molecule has 4 nitrogen and oxygen atoms in total. The molecule has 128 valence electrons. The average Bonchev–Trinajstić information content (AvgIpc) is 2.57. The fourth-order valence-corrected chi connectivity index (χ4v) is 2.67. The van der Waals surface area contributed by atoms with E-state index in [1.54, 1.807) is 24.4 Å². The number of aromatic nitrogens is 1. The van der Waals surface area contributed by atoms with E-state index in [0.717, 1.165) is 30.6 Å². The number of pyridine rings is 1. The number of hydrogen-bond acceptors (Lipinski definition) is 3. The van der Waals surface area contributed by atoms with Crippen molar-refractivity contribution in [1.82, 2.24) is 10.3 Å². The van der Waals surface area contributed by atoms with Gasteiger partial charge in [0.2, 0.25) is 0 Å². The van der Waals surface area contributed by atoms with Crippen molar-refractivity contribution in [3.63, 3.8) is 0 Å². The maximum atomic E-state index is 12.1. The minimum atomic E-state index is -0.194. The monoisotopic (exact) mass is 365 g/mol. The van der Waals surface area contributed by atoms with E-state index in [9.17, 15) is 4.79 Å². The van der Waals surface area contributed by atoms with E-state index in [0.29, 0.717) is 28.7 Å². The van der Waals surface area contributed by atoms with Crippen molar-refractivity contribution in [3.8, 4) is 0 Å². The number of benzene rings is 1. The second-order valence-corrected chi connectivity index (χ2v) is 6.30. The maximum absolute atomic E-state index is 12.1. The zero-order valence-corrected chi connectivity index (χ0v) is 15.1. The third-order valence-corrected chi connectivity index (χ3v) is 4.14. The lowest BCUT2D eigenvalue weighted by atomic mass is 10.1. The van der Waals surface area contributed by atoms with Crippen LogP contribution in [0.15, 0.2) is 36.5 Å². The van der Waals surface area contributed by atoms with E-state index in [2.05, 4.69) is 22.5 Å². The van der Waals surface area contributed by atoms with Crippen LogP contribution < -0.4 is 10.6 Å². The van der Waals surface area contributed by atoms with Gasteiger partial charge >= 0.3 is 0 Å². The van der Waals surface area contributed by atoms with Crippen LogP contribution in [0.3, 0.4) is 0 Å². The molecule has 1 amide bonds. The molecule has 2 rings (SSSR count). The number of nitrogens with one attached hydrogen (secondary N) is 2. The molecule has 0 spiro atoms. The molecule has 0 atom stereocenters. The first kappa shape index (κ1) is 18.6. The number of amides is 1. The van der Waals surface area contributed by atoms with Crippen LogP contribution in [-0.2, 0) is 6.42 Å². The first-order valence-corrected chi connectivity index (χ1v) is 8.77. The second kappa shape index (κ2) is 9.50. The molecule has 1 heterocycles. The molecule has 0 aliphatic rings. The molecular weight excluding hydrogens is 345 g/mol. The minimum absolute atomic E-state index is 0.194. The number of carbonyl (C=O) groups is 1. The van der Waals surface area contributed by atoms with Crippen molar-refractivity contribution in [2.45, 2.75) is 26.2 Å². The normalized spacial score (nSPS) is 10.5. The van der Waals surface area contributed by atoms with E-state index in [1.807, 2.05) is 12.1 Å². The Labute approximate surface area is 152 Å². The van der Waals surface area contributed by atoms with Crippen LogP contribution in [0.2, 0.25) is 10.0 Å². The first-order chi connectivity index (χ1) is 11.6. The van der Waals surface area contributed by atoms with Gasteiger partial charge < -0.3 is 10.6 Å². The molecule has 0 fully saturated rings. The van der Waals surface area contributed by atoms with Crippen molar-refractivity contribution in [2.75, 3.05) is 18.4 Å². The van der Waals surface area contributed by atoms with E-state index < -0.39 is 0 Å². The predicted octanol–water partition coefficient (Wildman–Crippen LogP) is 4.57. The summed E-state index contributed by atoms with van der Waals surface area (Å²) in [7, 11) is 0. The molecule has 0 bridgehead atoms. The summed E-state index contributed by atoms with van der Waals surface area (Å²) in [5.41, 5.74) is 2.27. The Morgan fingerprint density at radius 1 is 1.17 bits per heavy atom. The summed E-state index contributed by atoms with van der Waals surface area (Å²) in [6.07, 6.45) is 4.56. The van der Waals surface area contributed by atoms with Gasteiger partial charge in [0.15, 0.2) is 0 Å². The van der Waals surface area contributed by atoms with Crippen LogP contribution >= 0.6 is 23.2 Å². The standard InChI is InChI=1S/C18H21Cl2N3O/c1-2-3-9-21-15-6-7-17(23-12-15)18(24)22-10-8-13-4-5-14(19)11-16(13)20/h4-7,11-12,21H,2-3,8-10H2,1H3,(H,22,24). The van der Waals surface area contributed by atoms with E-state index in [1.165, 1.54) is 0 Å². The molecule has 0 radical (unpaired) electrons. The molecule has 24 heavy (non-hydrogen) atoms. The number of nitrogens with zero attached hydrogens (tertiary/aromatic N) is 1. The quantitative estimate of drug-likeness (QED) is 0.673. The van der Waals surface area contributed by atoms with Crippen LogP contribution in [0.4, 0.5) is 5.69 Å². The van der Waals surface area contributed by atoms with Crippen molar-refractivity contribution < 1.29 is 4.79 Å². The van der Waals surface area contributed by atoms with Crippen molar-refractivity contribution in [3.05, 3.63) is 57.8 Å². The van der Waals surface area contributed by atoms with Gasteiger partial charge in [0, 0.05) is 23.1 Å². The van der Waals surface area contributed by atoms with Crippen molar-refractivity contribution >= 4 is 34.8 Å². The topological polar surface area (TPSA) is 54.0 Å². The van der Waals surface area contributed by atoms with Gasteiger partial charge in [0.25, 0.3) is 5.91 Å². The van der Waals surface area contributed by atoms with Crippen LogP contribution in [0.5, 0.6) is 0 Å². The van der Waals surface area contributed by atoms with Crippen molar-refractivity contribution in [1.29, 1.82) is 0 Å². The highest BCUT2D eigenvalue weighted by atomic mass is 35.5. The smallest absolute Gasteiger partial charge is 0.269 e. The third-order valence-electron chi connectivity index (χ3n) is 3.55. The van der Waals surface area contributed by atoms with Gasteiger partial charge in [0.1, 0.15) is 5.69 Å². The average molecular weight is 366 g/mol. The SMILES string of the molecule is CCCCNc1ccc(C(=O)NCCc2ccc(Cl)cc2Cl)nc1. The van der Waals surface area contributed by atoms with Gasteiger partial charge in [0.05, 0.1) is 11.9 Å². The zero-order chi connectivity index (χ0) is 17.4. The lowest BCUT2D eigenvalue weighted by Crippen LogP contribution is -2.26. The Hall–Kier alpha value is -1.78. The summed E-state index contributed by atoms with van der Waals surface area (Å²) in [5.74, 6) is -0.194. The molecule has 2 aromatic rings. The Bertz CT molecular complexity index is 674. The van der Waals surface area contributed by atoms with Crippen molar-refractivity contribution in [2.24, 2.45) is 0 Å². The molecule has 0 saturated carbocycles. The van der Waals surface area contributed by atoms with Gasteiger partial charge in [-0.2, -0.15) is 0 Å². The highest BCUT2D eigenvalue weighted by molar-refractivity contribution is 6.35. The Kier molecular flexibility index (Phi) is 7.35. The summed E-state index contributed by atoms with van der Waals surface area (Å²) in [6, 6.07) is 8.95. The summed E-state index contributed by atoms with van der Waals surface area (Å²) >= 11 is 12.0. The molecule has 0 unspecified atom stereocenters. The van der Waals surface area contributed by atoms with Crippen LogP contribution in [0, 0.1) is 0 Å². The van der Waals surface area contributed by atoms with E-state index in [-0.39, 0.29) is 5.91 Å². The molecule has 0 aliphatic carbocycles. The number of rotatable bonds is 8. The van der Waals surface area contributed by atoms with E-state index >= 15 is 0 Å². The summed E-state index contributed by atoms with van der Waals surface area (Å²) in [6.45, 7) is 3.54. The minimum Gasteiger partial charge on any atom is -0.384 e. The predicted molar refractivity (Wildman–Crippen MR) is 100 cm³/mol. The fourth-order valence-electron chi connectivity index (χ4n) is 2.17. The van der Waals surface area contributed by atoms with Crippen LogP contribution in [-0.4, -0.2) is 24.0 Å². The number of anilines is 1. The molecule has 0 aliphatic heterocycles. The first-order valence-electron chi connectivity index (χ1n) is 8.02. The summed E-state index contributed by atoms with van der Waals surface area (Å²) in [4.78, 5) is 16.3. The summed E-state index contributed by atoms with van der Waals surface area (Å²) < 4.78 is 0. The molecule has 1 aromatic heterocycles. The highest BCUT2D eigenvalue weighted by Gasteiger charge is 2.07. The zero-order valence-electron chi connectivity index (χ0n) is 13.6. The maximum Gasteiger partial charge on any atom is 0.269 e. The Morgan fingerprint density at radius 3 is 2.67 bits per heavy atom. The molecule has 6 heteroatoms. The molecule has 2 N–H and O–H groups in total. The largest absolute Gasteiger partial charge is 0.384 e. The van der Waals surface area contributed by atoms with Gasteiger partial charge in [-0.25, -0.2) is 4.98 Å². The van der Waals surface area contributed by atoms with Crippen LogP contribution in [0.25, 0.3) is 0 Å². The molecular formula is C18H21Cl2N3O. The number of hydrogen-bond donors (Lipinski definition) is 2. The van der Waals surface area contributed by atoms with Crippen LogP contribution in [0.1, 0.15) is 35.8 Å². The highest BCUT2D eigenvalue weighted by Crippen LogP contribution is 2.21. The number of unbranched alkanes of at least 4 members (excludes halogenated alkanes) is 1. The van der Waals surface area contributed by atoms with Gasteiger partial charge in [-0.3, -0.25) is 4.79 Å². The Morgan fingerprint density at radius 2 is 2.00 bits per heavy atom.